The van der Waals surface area contributed by atoms with E-state index in [4.69, 9.17) is 4.42 Å². The molecule has 0 amide bonds. The van der Waals surface area contributed by atoms with E-state index < -0.39 is 0 Å². The molecule has 16 aromatic rings. The van der Waals surface area contributed by atoms with Crippen molar-refractivity contribution in [3.05, 3.63) is 249 Å². The van der Waals surface area contributed by atoms with Crippen molar-refractivity contribution in [2.45, 2.75) is 0 Å². The van der Waals surface area contributed by atoms with Crippen LogP contribution < -0.4 is 0 Å². The van der Waals surface area contributed by atoms with Crippen molar-refractivity contribution in [2.75, 3.05) is 0 Å². The van der Waals surface area contributed by atoms with E-state index in [-0.39, 0.29) is 0 Å². The molecule has 0 unspecified atom stereocenters. The summed E-state index contributed by atoms with van der Waals surface area (Å²) in [6.45, 7) is 0. The maximum absolute atomic E-state index is 6.68. The number of hydrogen-bond donors (Lipinski definition) is 0. The molecule has 72 heavy (non-hydrogen) atoms. The van der Waals surface area contributed by atoms with Crippen LogP contribution in [-0.4, -0.2) is 13.7 Å². The highest BCUT2D eigenvalue weighted by molar-refractivity contribution is 6.18. The zero-order chi connectivity index (χ0) is 47.0. The van der Waals surface area contributed by atoms with Crippen molar-refractivity contribution in [1.29, 1.82) is 0 Å². The predicted octanol–water partition coefficient (Wildman–Crippen LogP) is 18.5. The van der Waals surface area contributed by atoms with Crippen molar-refractivity contribution in [2.24, 2.45) is 0 Å². The summed E-state index contributed by atoms with van der Waals surface area (Å²) >= 11 is 0. The van der Waals surface area contributed by atoms with Crippen molar-refractivity contribution >= 4 is 109 Å². The van der Waals surface area contributed by atoms with Gasteiger partial charge in [-0.05, 0) is 117 Å². The molecule has 12 aromatic carbocycles. The first-order valence-corrected chi connectivity index (χ1v) is 24.7. The molecule has 0 radical (unpaired) electrons. The average Bonchev–Trinajstić information content (AvgIpc) is 4.19. The molecule has 0 N–H and O–H groups in total. The monoisotopic (exact) mass is 915 g/mol. The topological polar surface area (TPSA) is 27.9 Å². The van der Waals surface area contributed by atoms with Crippen molar-refractivity contribution in [3.8, 4) is 39.3 Å². The van der Waals surface area contributed by atoms with Crippen LogP contribution in [0.25, 0.3) is 148 Å². The highest BCUT2D eigenvalue weighted by atomic mass is 16.3. The minimum absolute atomic E-state index is 0.888. The zero-order valence-electron chi connectivity index (χ0n) is 38.9. The Bertz CT molecular complexity index is 4930. The summed E-state index contributed by atoms with van der Waals surface area (Å²) in [5, 5.41) is 14.5. The van der Waals surface area contributed by atoms with Gasteiger partial charge in [-0.2, -0.15) is 0 Å². The Morgan fingerprint density at radius 1 is 0.236 bits per heavy atom. The molecule has 0 aliphatic carbocycles. The first kappa shape index (κ1) is 39.2. The Morgan fingerprint density at radius 2 is 0.708 bits per heavy atom. The Morgan fingerprint density at radius 3 is 1.40 bits per heavy atom. The third-order valence-electron chi connectivity index (χ3n) is 15.4. The van der Waals surface area contributed by atoms with Gasteiger partial charge in [0.2, 0.25) is 0 Å². The molecule has 0 saturated heterocycles. The molecule has 0 aliphatic heterocycles. The number of furan rings is 1. The number of hydrogen-bond acceptors (Lipinski definition) is 1. The van der Waals surface area contributed by atoms with Gasteiger partial charge in [0.25, 0.3) is 0 Å². The normalized spacial score (nSPS) is 12.2. The van der Waals surface area contributed by atoms with Gasteiger partial charge in [0.15, 0.2) is 5.58 Å². The first-order chi connectivity index (χ1) is 35.7. The van der Waals surface area contributed by atoms with Crippen LogP contribution in [0.1, 0.15) is 0 Å². The summed E-state index contributed by atoms with van der Waals surface area (Å²) in [7, 11) is 0. The SMILES string of the molecule is c1ccc(-n2c3ccccc3c3ccc(-c4ccc5c(c4)c4cc(-c6ccc7c8ccccc8n(-c8cccc9c8oc8ccccc89)c7c6)ccc4n5-c4cc5ccccc5c5ccccc45)cc32)cc1. The Balaban J connectivity index is 0.941. The van der Waals surface area contributed by atoms with Crippen LogP contribution in [0.3, 0.4) is 0 Å². The molecular formula is C68H41N3O. The van der Waals surface area contributed by atoms with E-state index in [2.05, 4.69) is 256 Å². The summed E-state index contributed by atoms with van der Waals surface area (Å²) in [6.07, 6.45) is 0. The fourth-order valence-corrected chi connectivity index (χ4v) is 12.2. The van der Waals surface area contributed by atoms with E-state index in [1.54, 1.807) is 0 Å². The second-order valence-electron chi connectivity index (χ2n) is 19.2. The summed E-state index contributed by atoms with van der Waals surface area (Å²) < 4.78 is 14.0. The van der Waals surface area contributed by atoms with E-state index in [0.717, 1.165) is 61.0 Å². The van der Waals surface area contributed by atoms with Crippen LogP contribution in [0.5, 0.6) is 0 Å². The average molecular weight is 916 g/mol. The van der Waals surface area contributed by atoms with Crippen LogP contribution >= 0.6 is 0 Å². The van der Waals surface area contributed by atoms with Gasteiger partial charge in [-0.15, -0.1) is 0 Å². The number of nitrogens with zero attached hydrogens (tertiary/aromatic N) is 3. The molecule has 4 heterocycles. The molecular weight excluding hydrogens is 875 g/mol. The number of rotatable bonds is 5. The fourth-order valence-electron chi connectivity index (χ4n) is 12.2. The summed E-state index contributed by atoms with van der Waals surface area (Å²) in [5.41, 5.74) is 16.8. The molecule has 4 heteroatoms. The van der Waals surface area contributed by atoms with E-state index in [1.165, 1.54) is 87.2 Å². The summed E-state index contributed by atoms with van der Waals surface area (Å²) in [4.78, 5) is 0. The number of para-hydroxylation sites is 5. The second-order valence-corrected chi connectivity index (χ2v) is 19.2. The molecule has 0 fully saturated rings. The molecule has 4 aromatic heterocycles. The minimum Gasteiger partial charge on any atom is -0.454 e. The Kier molecular flexibility index (Phi) is 8.14. The summed E-state index contributed by atoms with van der Waals surface area (Å²) in [6, 6.07) is 91.2. The zero-order valence-corrected chi connectivity index (χ0v) is 38.9. The van der Waals surface area contributed by atoms with Gasteiger partial charge in [0, 0.05) is 54.2 Å². The molecule has 0 atom stereocenters. The van der Waals surface area contributed by atoms with E-state index in [9.17, 15) is 0 Å². The van der Waals surface area contributed by atoms with Gasteiger partial charge in [-0.1, -0.05) is 170 Å². The quantitative estimate of drug-likeness (QED) is 0.158. The van der Waals surface area contributed by atoms with Crippen LogP contribution in [0.15, 0.2) is 253 Å². The molecule has 0 bridgehead atoms. The van der Waals surface area contributed by atoms with E-state index in [1.807, 2.05) is 6.07 Å². The molecule has 0 spiro atoms. The van der Waals surface area contributed by atoms with Gasteiger partial charge in [-0.3, -0.25) is 0 Å². The van der Waals surface area contributed by atoms with Crippen molar-refractivity contribution < 1.29 is 4.42 Å². The lowest BCUT2D eigenvalue weighted by molar-refractivity contribution is 0.666. The highest BCUT2D eigenvalue weighted by Crippen LogP contribution is 2.44. The van der Waals surface area contributed by atoms with Crippen molar-refractivity contribution in [3.63, 3.8) is 0 Å². The molecule has 16 rings (SSSR count). The summed E-state index contributed by atoms with van der Waals surface area (Å²) in [5.74, 6) is 0. The van der Waals surface area contributed by atoms with Gasteiger partial charge < -0.3 is 18.1 Å². The lowest BCUT2D eigenvalue weighted by Gasteiger charge is -2.15. The van der Waals surface area contributed by atoms with Gasteiger partial charge in [0.05, 0.1) is 44.5 Å². The van der Waals surface area contributed by atoms with Gasteiger partial charge in [-0.25, -0.2) is 0 Å². The van der Waals surface area contributed by atoms with Crippen LogP contribution in [-0.2, 0) is 0 Å². The number of benzene rings is 12. The fraction of sp³-hybridized carbons (Fsp3) is 0. The number of aromatic nitrogens is 3. The molecule has 0 aliphatic rings. The van der Waals surface area contributed by atoms with Crippen molar-refractivity contribution in [1.82, 2.24) is 13.7 Å². The largest absolute Gasteiger partial charge is 0.454 e. The van der Waals surface area contributed by atoms with E-state index in [0.29, 0.717) is 0 Å². The van der Waals surface area contributed by atoms with Crippen LogP contribution in [0.4, 0.5) is 0 Å². The lowest BCUT2D eigenvalue weighted by atomic mass is 9.99. The molecule has 334 valence electrons. The van der Waals surface area contributed by atoms with Crippen LogP contribution in [0, 0.1) is 0 Å². The Hall–Kier alpha value is -9.64. The second kappa shape index (κ2) is 14.9. The lowest BCUT2D eigenvalue weighted by Crippen LogP contribution is -1.96. The minimum atomic E-state index is 0.888. The van der Waals surface area contributed by atoms with Crippen LogP contribution in [0.2, 0.25) is 0 Å². The third-order valence-corrected chi connectivity index (χ3v) is 15.4. The maximum Gasteiger partial charge on any atom is 0.159 e. The predicted molar refractivity (Wildman–Crippen MR) is 303 cm³/mol. The standard InChI is InChI=1S/C68H41N3O/c1-2-16-47(17-3-1)69-59-25-11-8-21-51(59)53-33-29-44(39-64(53)69)42-31-35-61-57(37-42)58-38-43(32-36-62(58)70(61)66-41-46-15-4-5-18-48(46)49-19-6-7-20-50(49)66)45-30-34-54-52-22-9-12-26-60(52)71(65(54)40-45)63-27-14-24-56-55-23-10-13-28-67(55)72-68(56)63/h1-41H. The smallest absolute Gasteiger partial charge is 0.159 e. The molecule has 0 saturated carbocycles. The van der Waals surface area contributed by atoms with Gasteiger partial charge in [0.1, 0.15) is 5.58 Å². The van der Waals surface area contributed by atoms with E-state index >= 15 is 0 Å². The third kappa shape index (κ3) is 5.57. The Labute approximate surface area is 413 Å². The van der Waals surface area contributed by atoms with Gasteiger partial charge >= 0.3 is 0 Å². The first-order valence-electron chi connectivity index (χ1n) is 24.7. The highest BCUT2D eigenvalue weighted by Gasteiger charge is 2.21. The molecule has 4 nitrogen and oxygen atoms in total. The number of fused-ring (bicyclic) bond motifs is 15. The maximum atomic E-state index is 6.68.